The number of unbranched alkanes of at least 4 members (excludes halogenated alkanes) is 4. The summed E-state index contributed by atoms with van der Waals surface area (Å²) in [4.78, 5) is 0. The SMILES string of the molecule is CCCCCC[N+](C)(CCC)CCCC. The van der Waals surface area contributed by atoms with Gasteiger partial charge in [0.1, 0.15) is 0 Å². The molecule has 0 aliphatic rings. The van der Waals surface area contributed by atoms with E-state index < -0.39 is 0 Å². The summed E-state index contributed by atoms with van der Waals surface area (Å²) in [6, 6.07) is 0. The third-order valence-corrected chi connectivity index (χ3v) is 3.37. The lowest BCUT2D eigenvalue weighted by molar-refractivity contribution is -0.910. The van der Waals surface area contributed by atoms with E-state index >= 15 is 0 Å². The van der Waals surface area contributed by atoms with Crippen molar-refractivity contribution in [1.29, 1.82) is 0 Å². The van der Waals surface area contributed by atoms with Gasteiger partial charge in [-0.25, -0.2) is 0 Å². The maximum absolute atomic E-state index is 2.45. The zero-order valence-electron chi connectivity index (χ0n) is 11.5. The normalized spacial score (nSPS) is 15.2. The van der Waals surface area contributed by atoms with Gasteiger partial charge in [-0.2, -0.15) is 0 Å². The van der Waals surface area contributed by atoms with Gasteiger partial charge in [-0.05, 0) is 25.7 Å². The van der Waals surface area contributed by atoms with Crippen molar-refractivity contribution in [1.82, 2.24) is 0 Å². The summed E-state index contributed by atoms with van der Waals surface area (Å²) in [7, 11) is 2.45. The summed E-state index contributed by atoms with van der Waals surface area (Å²) in [6.45, 7) is 11.1. The first-order valence-corrected chi connectivity index (χ1v) is 7.02. The molecule has 1 heteroatoms. The standard InChI is InChI=1S/C14H32N/c1-5-8-10-11-14-15(4,12-7-3)13-9-6-2/h5-14H2,1-4H3/q+1. The van der Waals surface area contributed by atoms with Crippen LogP contribution in [-0.2, 0) is 0 Å². The quantitative estimate of drug-likeness (QED) is 0.377. The number of nitrogens with zero attached hydrogens (tertiary/aromatic N) is 1. The topological polar surface area (TPSA) is 0 Å². The van der Waals surface area contributed by atoms with Gasteiger partial charge < -0.3 is 4.48 Å². The molecule has 0 heterocycles. The Bertz CT molecular complexity index is 133. The molecule has 0 fully saturated rings. The molecule has 0 aromatic carbocycles. The fourth-order valence-corrected chi connectivity index (χ4v) is 2.34. The van der Waals surface area contributed by atoms with E-state index in [2.05, 4.69) is 27.8 Å². The Labute approximate surface area is 97.5 Å². The van der Waals surface area contributed by atoms with Gasteiger partial charge in [0, 0.05) is 0 Å². The van der Waals surface area contributed by atoms with Crippen LogP contribution in [0.15, 0.2) is 0 Å². The van der Waals surface area contributed by atoms with Crippen molar-refractivity contribution < 1.29 is 4.48 Å². The highest BCUT2D eigenvalue weighted by atomic mass is 15.3. The minimum atomic E-state index is 1.31. The Morgan fingerprint density at radius 1 is 0.600 bits per heavy atom. The summed E-state index contributed by atoms with van der Waals surface area (Å²) in [5.41, 5.74) is 0. The predicted molar refractivity (Wildman–Crippen MR) is 70.1 cm³/mol. The maximum Gasteiger partial charge on any atom is 0.0784 e. The highest BCUT2D eigenvalue weighted by Crippen LogP contribution is 2.11. The summed E-state index contributed by atoms with van der Waals surface area (Å²) in [5, 5.41) is 0. The third-order valence-electron chi connectivity index (χ3n) is 3.37. The molecule has 0 aromatic rings. The van der Waals surface area contributed by atoms with E-state index in [4.69, 9.17) is 0 Å². The van der Waals surface area contributed by atoms with Gasteiger partial charge in [0.05, 0.1) is 26.7 Å². The first kappa shape index (κ1) is 15.0. The van der Waals surface area contributed by atoms with Crippen LogP contribution in [-0.4, -0.2) is 31.2 Å². The molecule has 0 aliphatic heterocycles. The molecule has 0 saturated carbocycles. The molecule has 0 radical (unpaired) electrons. The molecule has 92 valence electrons. The monoisotopic (exact) mass is 214 g/mol. The molecule has 0 amide bonds. The average Bonchev–Trinajstić information content (AvgIpc) is 2.22. The van der Waals surface area contributed by atoms with E-state index in [1.54, 1.807) is 0 Å². The van der Waals surface area contributed by atoms with Crippen LogP contribution in [0.3, 0.4) is 0 Å². The molecule has 1 nitrogen and oxygen atoms in total. The van der Waals surface area contributed by atoms with Gasteiger partial charge in [0.2, 0.25) is 0 Å². The molecule has 0 bridgehead atoms. The fourth-order valence-electron chi connectivity index (χ4n) is 2.34. The van der Waals surface area contributed by atoms with E-state index in [0.29, 0.717) is 0 Å². The van der Waals surface area contributed by atoms with Crippen molar-refractivity contribution in [2.45, 2.75) is 65.7 Å². The molecule has 1 atom stereocenters. The van der Waals surface area contributed by atoms with E-state index in [0.717, 1.165) is 0 Å². The largest absolute Gasteiger partial charge is 0.326 e. The second-order valence-corrected chi connectivity index (χ2v) is 5.20. The lowest BCUT2D eigenvalue weighted by Crippen LogP contribution is -2.46. The summed E-state index contributed by atoms with van der Waals surface area (Å²) < 4.78 is 1.31. The molecular weight excluding hydrogens is 182 g/mol. The number of rotatable bonds is 10. The molecular formula is C14H32N+. The minimum Gasteiger partial charge on any atom is -0.326 e. The first-order chi connectivity index (χ1) is 7.18. The molecule has 0 N–H and O–H groups in total. The number of hydrogen-bond acceptors (Lipinski definition) is 0. The van der Waals surface area contributed by atoms with Crippen molar-refractivity contribution >= 4 is 0 Å². The molecule has 0 spiro atoms. The van der Waals surface area contributed by atoms with Crippen LogP contribution >= 0.6 is 0 Å². The molecule has 0 aliphatic carbocycles. The van der Waals surface area contributed by atoms with Crippen molar-refractivity contribution in [2.24, 2.45) is 0 Å². The Morgan fingerprint density at radius 3 is 1.73 bits per heavy atom. The molecule has 0 aromatic heterocycles. The minimum absolute atomic E-state index is 1.31. The zero-order valence-corrected chi connectivity index (χ0v) is 11.5. The smallest absolute Gasteiger partial charge is 0.0784 e. The first-order valence-electron chi connectivity index (χ1n) is 7.02. The van der Waals surface area contributed by atoms with Crippen LogP contribution in [0.2, 0.25) is 0 Å². The Balaban J connectivity index is 3.78. The van der Waals surface area contributed by atoms with Gasteiger partial charge in [0.25, 0.3) is 0 Å². The van der Waals surface area contributed by atoms with Crippen molar-refractivity contribution in [3.05, 3.63) is 0 Å². The van der Waals surface area contributed by atoms with Crippen LogP contribution in [0.25, 0.3) is 0 Å². The summed E-state index contributed by atoms with van der Waals surface area (Å²) >= 11 is 0. The maximum atomic E-state index is 2.45. The van der Waals surface area contributed by atoms with Gasteiger partial charge in [0.15, 0.2) is 0 Å². The van der Waals surface area contributed by atoms with E-state index in [-0.39, 0.29) is 0 Å². The lowest BCUT2D eigenvalue weighted by atomic mass is 10.1. The van der Waals surface area contributed by atoms with Gasteiger partial charge in [-0.3, -0.25) is 0 Å². The fraction of sp³-hybridized carbons (Fsp3) is 1.00. The number of quaternary nitrogens is 1. The van der Waals surface area contributed by atoms with Crippen molar-refractivity contribution in [3.63, 3.8) is 0 Å². The lowest BCUT2D eigenvalue weighted by Gasteiger charge is -2.34. The van der Waals surface area contributed by atoms with Gasteiger partial charge >= 0.3 is 0 Å². The average molecular weight is 214 g/mol. The Morgan fingerprint density at radius 2 is 1.20 bits per heavy atom. The predicted octanol–water partition coefficient (Wildman–Crippen LogP) is 4.22. The number of hydrogen-bond donors (Lipinski definition) is 0. The van der Waals surface area contributed by atoms with Gasteiger partial charge in [-0.15, -0.1) is 0 Å². The molecule has 15 heavy (non-hydrogen) atoms. The zero-order chi connectivity index (χ0) is 11.6. The van der Waals surface area contributed by atoms with Crippen LogP contribution in [0.5, 0.6) is 0 Å². The Kier molecular flexibility index (Phi) is 9.18. The Hall–Kier alpha value is -0.0400. The molecule has 1 unspecified atom stereocenters. The third kappa shape index (κ3) is 7.84. The van der Waals surface area contributed by atoms with E-state index in [1.807, 2.05) is 0 Å². The van der Waals surface area contributed by atoms with Crippen LogP contribution in [0.4, 0.5) is 0 Å². The molecule has 0 rings (SSSR count). The second kappa shape index (κ2) is 9.21. The highest BCUT2D eigenvalue weighted by molar-refractivity contribution is 4.44. The highest BCUT2D eigenvalue weighted by Gasteiger charge is 2.18. The second-order valence-electron chi connectivity index (χ2n) is 5.20. The summed E-state index contributed by atoms with van der Waals surface area (Å²) in [6.07, 6.45) is 9.69. The van der Waals surface area contributed by atoms with E-state index in [1.165, 1.54) is 69.1 Å². The van der Waals surface area contributed by atoms with Crippen LogP contribution in [0, 0.1) is 0 Å². The van der Waals surface area contributed by atoms with Crippen molar-refractivity contribution in [2.75, 3.05) is 26.7 Å². The summed E-state index contributed by atoms with van der Waals surface area (Å²) in [5.74, 6) is 0. The van der Waals surface area contributed by atoms with E-state index in [9.17, 15) is 0 Å². The van der Waals surface area contributed by atoms with Crippen LogP contribution in [0.1, 0.15) is 65.7 Å². The van der Waals surface area contributed by atoms with Crippen LogP contribution < -0.4 is 0 Å². The molecule has 0 saturated heterocycles. The van der Waals surface area contributed by atoms with Crippen molar-refractivity contribution in [3.8, 4) is 0 Å². The van der Waals surface area contributed by atoms with Gasteiger partial charge in [-0.1, -0.05) is 40.0 Å².